The molecule has 1 aromatic heterocycles. The molecule has 1 heterocycles. The largest absolute Gasteiger partial charge is 0.308 e. The third-order valence-corrected chi connectivity index (χ3v) is 3.52. The number of sulfonamides is 1. The highest BCUT2D eigenvalue weighted by molar-refractivity contribution is 7.89. The Morgan fingerprint density at radius 3 is 2.75 bits per heavy atom. The molecule has 6 nitrogen and oxygen atoms in total. The van der Waals surface area contributed by atoms with Gasteiger partial charge < -0.3 is 5.32 Å². The Morgan fingerprint density at radius 2 is 2.19 bits per heavy atom. The summed E-state index contributed by atoms with van der Waals surface area (Å²) in [4.78, 5) is 8.07. The highest BCUT2D eigenvalue weighted by atomic mass is 32.2. The molecule has 0 bridgehead atoms. The van der Waals surface area contributed by atoms with Gasteiger partial charge in [-0.15, -0.1) is 0 Å². The van der Waals surface area contributed by atoms with E-state index >= 15 is 0 Å². The van der Waals surface area contributed by atoms with Crippen molar-refractivity contribution < 1.29 is 8.42 Å². The van der Waals surface area contributed by atoms with Crippen LogP contribution in [0.2, 0.25) is 0 Å². The molecule has 0 aliphatic rings. The highest BCUT2D eigenvalue weighted by Gasteiger charge is 2.09. The first-order valence-electron chi connectivity index (χ1n) is 4.95. The van der Waals surface area contributed by atoms with E-state index in [4.69, 9.17) is 0 Å². The Bertz CT molecular complexity index is 407. The van der Waals surface area contributed by atoms with Crippen molar-refractivity contribution in [1.29, 1.82) is 0 Å². The van der Waals surface area contributed by atoms with Crippen LogP contribution in [0.3, 0.4) is 0 Å². The number of hydrogen-bond donors (Lipinski definition) is 2. The molecule has 0 aliphatic carbocycles. The molecule has 1 rings (SSSR count). The van der Waals surface area contributed by atoms with Crippen LogP contribution in [0.25, 0.3) is 0 Å². The molecule has 90 valence electrons. The van der Waals surface area contributed by atoms with Gasteiger partial charge in [-0.2, -0.15) is 0 Å². The monoisotopic (exact) mass is 244 g/mol. The van der Waals surface area contributed by atoms with E-state index in [9.17, 15) is 8.42 Å². The fourth-order valence-corrected chi connectivity index (χ4v) is 1.74. The van der Waals surface area contributed by atoms with Crippen molar-refractivity contribution >= 4 is 10.0 Å². The first-order valence-corrected chi connectivity index (χ1v) is 6.61. The van der Waals surface area contributed by atoms with E-state index in [0.717, 1.165) is 5.69 Å². The lowest BCUT2D eigenvalue weighted by Gasteiger charge is -2.12. The van der Waals surface area contributed by atoms with Crippen LogP contribution >= 0.6 is 0 Å². The molecular formula is C9H16N4O2S. The summed E-state index contributed by atoms with van der Waals surface area (Å²) in [7, 11) is -1.74. The minimum absolute atomic E-state index is 0.0132. The summed E-state index contributed by atoms with van der Waals surface area (Å²) >= 11 is 0. The second kappa shape index (κ2) is 5.88. The first-order chi connectivity index (χ1) is 7.55. The minimum atomic E-state index is -3.15. The summed E-state index contributed by atoms with van der Waals surface area (Å²) in [5.74, 6) is 0.0497. The molecular weight excluding hydrogens is 228 g/mol. The van der Waals surface area contributed by atoms with Crippen molar-refractivity contribution in [3.8, 4) is 0 Å². The van der Waals surface area contributed by atoms with E-state index in [1.54, 1.807) is 18.6 Å². The maximum atomic E-state index is 11.1. The summed E-state index contributed by atoms with van der Waals surface area (Å²) in [6, 6.07) is -0.0132. The minimum Gasteiger partial charge on any atom is -0.308 e. The fraction of sp³-hybridized carbons (Fsp3) is 0.556. The number of rotatable bonds is 6. The summed E-state index contributed by atoms with van der Waals surface area (Å²) in [6.45, 7) is 2.29. The number of nitrogens with one attached hydrogen (secondary N) is 2. The molecule has 0 saturated heterocycles. The fourth-order valence-electron chi connectivity index (χ4n) is 1.15. The van der Waals surface area contributed by atoms with E-state index in [2.05, 4.69) is 20.0 Å². The molecule has 0 amide bonds. The predicted octanol–water partition coefficient (Wildman–Crippen LogP) is -0.324. The standard InChI is InChI=1S/C9H16N4O2S/c1-8(9-7-11-3-4-13-9)12-5-6-16(14,15)10-2/h3-4,7-8,10,12H,5-6H2,1-2H3. The molecule has 0 saturated carbocycles. The van der Waals surface area contributed by atoms with Gasteiger partial charge in [-0.05, 0) is 14.0 Å². The molecule has 7 heteroatoms. The number of nitrogens with zero attached hydrogens (tertiary/aromatic N) is 2. The van der Waals surface area contributed by atoms with Crippen LogP contribution in [0.15, 0.2) is 18.6 Å². The van der Waals surface area contributed by atoms with Crippen molar-refractivity contribution in [2.24, 2.45) is 0 Å². The van der Waals surface area contributed by atoms with E-state index in [-0.39, 0.29) is 11.8 Å². The van der Waals surface area contributed by atoms with Gasteiger partial charge >= 0.3 is 0 Å². The maximum absolute atomic E-state index is 11.1. The lowest BCUT2D eigenvalue weighted by molar-refractivity contribution is 0.560. The third kappa shape index (κ3) is 4.21. The summed E-state index contributed by atoms with van der Waals surface area (Å²) in [6.07, 6.45) is 4.86. The van der Waals surface area contributed by atoms with Crippen LogP contribution < -0.4 is 10.0 Å². The van der Waals surface area contributed by atoms with Crippen molar-refractivity contribution in [2.75, 3.05) is 19.3 Å². The summed E-state index contributed by atoms with van der Waals surface area (Å²) < 4.78 is 24.5. The van der Waals surface area contributed by atoms with Crippen LogP contribution in [0, 0.1) is 0 Å². The Balaban J connectivity index is 2.40. The second-order valence-electron chi connectivity index (χ2n) is 3.33. The van der Waals surface area contributed by atoms with Gasteiger partial charge in [0.15, 0.2) is 0 Å². The van der Waals surface area contributed by atoms with Gasteiger partial charge in [-0.25, -0.2) is 13.1 Å². The van der Waals surface area contributed by atoms with Gasteiger partial charge in [0, 0.05) is 31.2 Å². The molecule has 1 atom stereocenters. The Morgan fingerprint density at radius 1 is 1.44 bits per heavy atom. The lowest BCUT2D eigenvalue weighted by atomic mass is 10.2. The van der Waals surface area contributed by atoms with Gasteiger partial charge in [0.2, 0.25) is 10.0 Å². The van der Waals surface area contributed by atoms with Crippen molar-refractivity contribution in [1.82, 2.24) is 20.0 Å². The van der Waals surface area contributed by atoms with E-state index in [0.29, 0.717) is 6.54 Å². The van der Waals surface area contributed by atoms with Gasteiger partial charge in [0.05, 0.1) is 11.4 Å². The molecule has 0 spiro atoms. The Labute approximate surface area is 95.6 Å². The quantitative estimate of drug-likeness (QED) is 0.716. The molecule has 0 aliphatic heterocycles. The smallest absolute Gasteiger partial charge is 0.212 e. The van der Waals surface area contributed by atoms with Gasteiger partial charge in [-0.3, -0.25) is 9.97 Å². The predicted molar refractivity (Wildman–Crippen MR) is 61.3 cm³/mol. The molecule has 1 aromatic rings. The summed E-state index contributed by atoms with van der Waals surface area (Å²) in [5, 5.41) is 3.07. The van der Waals surface area contributed by atoms with E-state index in [1.807, 2.05) is 6.92 Å². The normalized spacial score (nSPS) is 13.6. The zero-order chi connectivity index (χ0) is 12.0. The van der Waals surface area contributed by atoms with Gasteiger partial charge in [-0.1, -0.05) is 0 Å². The maximum Gasteiger partial charge on any atom is 0.212 e. The van der Waals surface area contributed by atoms with Gasteiger partial charge in [0.25, 0.3) is 0 Å². The first kappa shape index (κ1) is 13.0. The molecule has 0 radical (unpaired) electrons. The highest BCUT2D eigenvalue weighted by Crippen LogP contribution is 2.05. The van der Waals surface area contributed by atoms with Crippen molar-refractivity contribution in [3.05, 3.63) is 24.3 Å². The number of aromatic nitrogens is 2. The van der Waals surface area contributed by atoms with E-state index < -0.39 is 10.0 Å². The van der Waals surface area contributed by atoms with Gasteiger partial charge in [0.1, 0.15) is 0 Å². The third-order valence-electron chi connectivity index (χ3n) is 2.16. The van der Waals surface area contributed by atoms with Crippen molar-refractivity contribution in [3.63, 3.8) is 0 Å². The average molecular weight is 244 g/mol. The average Bonchev–Trinajstić information content (AvgIpc) is 2.30. The number of hydrogen-bond acceptors (Lipinski definition) is 5. The van der Waals surface area contributed by atoms with Crippen LogP contribution in [0.4, 0.5) is 0 Å². The SMILES string of the molecule is CNS(=O)(=O)CCNC(C)c1cnccn1. The van der Waals surface area contributed by atoms with Crippen molar-refractivity contribution in [2.45, 2.75) is 13.0 Å². The molecule has 16 heavy (non-hydrogen) atoms. The molecule has 2 N–H and O–H groups in total. The van der Waals surface area contributed by atoms with Crippen LogP contribution in [0.1, 0.15) is 18.7 Å². The topological polar surface area (TPSA) is 84.0 Å². The lowest BCUT2D eigenvalue weighted by Crippen LogP contribution is -2.31. The molecule has 0 fully saturated rings. The van der Waals surface area contributed by atoms with Crippen LogP contribution in [0.5, 0.6) is 0 Å². The second-order valence-corrected chi connectivity index (χ2v) is 5.38. The Hall–Kier alpha value is -1.05. The zero-order valence-electron chi connectivity index (χ0n) is 9.34. The Kier molecular flexibility index (Phi) is 4.78. The zero-order valence-corrected chi connectivity index (χ0v) is 10.2. The van der Waals surface area contributed by atoms with Crippen LogP contribution in [-0.4, -0.2) is 37.7 Å². The molecule has 0 aromatic carbocycles. The summed E-state index contributed by atoms with van der Waals surface area (Å²) in [5.41, 5.74) is 0.796. The van der Waals surface area contributed by atoms with Crippen LogP contribution in [-0.2, 0) is 10.0 Å². The molecule has 1 unspecified atom stereocenters. The van der Waals surface area contributed by atoms with E-state index in [1.165, 1.54) is 7.05 Å².